The van der Waals surface area contributed by atoms with E-state index >= 15 is 0 Å². The molecule has 3 rings (SSSR count). The maximum absolute atomic E-state index is 12.6. The maximum Gasteiger partial charge on any atom is 0.255 e. The SMILES string of the molecule is C=C1CC2C=Cc3cc(O)c(OC)cc3C(=O)N2C1. The van der Waals surface area contributed by atoms with Crippen molar-refractivity contribution in [1.82, 2.24) is 4.90 Å². The molecule has 4 heteroatoms. The molecule has 1 fully saturated rings. The van der Waals surface area contributed by atoms with Gasteiger partial charge in [0, 0.05) is 6.54 Å². The summed E-state index contributed by atoms with van der Waals surface area (Å²) in [7, 11) is 1.47. The van der Waals surface area contributed by atoms with Gasteiger partial charge in [-0.1, -0.05) is 24.3 Å². The summed E-state index contributed by atoms with van der Waals surface area (Å²) in [6.07, 6.45) is 4.68. The molecule has 0 radical (unpaired) electrons. The second kappa shape index (κ2) is 4.16. The predicted octanol–water partition coefficient (Wildman–Crippen LogP) is 2.20. The maximum atomic E-state index is 12.6. The Hall–Kier alpha value is -2.23. The van der Waals surface area contributed by atoms with Crippen LogP contribution in [0.3, 0.4) is 0 Å². The predicted molar refractivity (Wildman–Crippen MR) is 72.3 cm³/mol. The standard InChI is InChI=1S/C15H15NO3/c1-9-5-11-4-3-10-6-13(17)14(19-2)7-12(10)15(18)16(11)8-9/h3-4,6-7,11,17H,1,5,8H2,2H3. The molecule has 0 spiro atoms. The molecule has 0 aromatic heterocycles. The summed E-state index contributed by atoms with van der Waals surface area (Å²) in [5.74, 6) is 0.323. The van der Waals surface area contributed by atoms with Crippen molar-refractivity contribution in [2.24, 2.45) is 0 Å². The number of carbonyl (C=O) groups is 1. The fourth-order valence-corrected chi connectivity index (χ4v) is 2.66. The molecule has 1 aromatic carbocycles. The number of rotatable bonds is 1. The van der Waals surface area contributed by atoms with E-state index in [0.717, 1.165) is 17.6 Å². The number of methoxy groups -OCH3 is 1. The van der Waals surface area contributed by atoms with Gasteiger partial charge in [0.05, 0.1) is 18.7 Å². The second-order valence-electron chi connectivity index (χ2n) is 4.92. The minimum atomic E-state index is -0.0399. The summed E-state index contributed by atoms with van der Waals surface area (Å²) < 4.78 is 5.07. The highest BCUT2D eigenvalue weighted by Crippen LogP contribution is 2.35. The first-order chi connectivity index (χ1) is 9.10. The van der Waals surface area contributed by atoms with Crippen molar-refractivity contribution in [3.63, 3.8) is 0 Å². The molecule has 2 heterocycles. The van der Waals surface area contributed by atoms with Crippen LogP contribution in [0, 0.1) is 0 Å². The Bertz CT molecular complexity index is 604. The molecule has 2 aliphatic rings. The van der Waals surface area contributed by atoms with E-state index in [2.05, 4.69) is 6.58 Å². The molecular weight excluding hydrogens is 242 g/mol. The van der Waals surface area contributed by atoms with Crippen molar-refractivity contribution in [3.8, 4) is 11.5 Å². The molecule has 0 saturated carbocycles. The van der Waals surface area contributed by atoms with Gasteiger partial charge < -0.3 is 14.7 Å². The van der Waals surface area contributed by atoms with Gasteiger partial charge in [-0.05, 0) is 24.1 Å². The average molecular weight is 257 g/mol. The third-order valence-electron chi connectivity index (χ3n) is 3.63. The van der Waals surface area contributed by atoms with Gasteiger partial charge in [0.2, 0.25) is 0 Å². The third kappa shape index (κ3) is 1.80. The zero-order valence-corrected chi connectivity index (χ0v) is 10.7. The second-order valence-corrected chi connectivity index (χ2v) is 4.92. The molecule has 2 aliphatic heterocycles. The van der Waals surface area contributed by atoms with E-state index in [1.807, 2.05) is 12.2 Å². The third-order valence-corrected chi connectivity index (χ3v) is 3.63. The van der Waals surface area contributed by atoms with E-state index in [0.29, 0.717) is 17.9 Å². The number of ether oxygens (including phenoxy) is 1. The molecule has 1 amide bonds. The lowest BCUT2D eigenvalue weighted by Crippen LogP contribution is -2.33. The number of phenolic OH excluding ortho intramolecular Hbond substituents is 1. The van der Waals surface area contributed by atoms with E-state index in [9.17, 15) is 9.90 Å². The summed E-state index contributed by atoms with van der Waals surface area (Å²) in [6, 6.07) is 3.24. The van der Waals surface area contributed by atoms with Crippen LogP contribution in [-0.2, 0) is 0 Å². The molecule has 1 saturated heterocycles. The van der Waals surface area contributed by atoms with Crippen LogP contribution in [0.5, 0.6) is 11.5 Å². The molecular formula is C15H15NO3. The van der Waals surface area contributed by atoms with Crippen molar-refractivity contribution in [2.75, 3.05) is 13.7 Å². The van der Waals surface area contributed by atoms with Crippen molar-refractivity contribution in [3.05, 3.63) is 41.5 Å². The lowest BCUT2D eigenvalue weighted by molar-refractivity contribution is 0.0766. The van der Waals surface area contributed by atoms with Gasteiger partial charge in [-0.15, -0.1) is 0 Å². The smallest absolute Gasteiger partial charge is 0.255 e. The lowest BCUT2D eigenvalue weighted by atomic mass is 10.0. The van der Waals surface area contributed by atoms with Gasteiger partial charge in [0.25, 0.3) is 5.91 Å². The van der Waals surface area contributed by atoms with Crippen molar-refractivity contribution >= 4 is 12.0 Å². The normalized spacial score (nSPS) is 21.1. The van der Waals surface area contributed by atoms with E-state index in [1.54, 1.807) is 17.0 Å². The molecule has 1 N–H and O–H groups in total. The number of aromatic hydroxyl groups is 1. The number of fused-ring (bicyclic) bond motifs is 2. The summed E-state index contributed by atoms with van der Waals surface area (Å²) in [5, 5.41) is 9.79. The number of hydrogen-bond donors (Lipinski definition) is 1. The van der Waals surface area contributed by atoms with Gasteiger partial charge in [0.1, 0.15) is 0 Å². The summed E-state index contributed by atoms with van der Waals surface area (Å²) in [6.45, 7) is 4.55. The number of hydrogen-bond acceptors (Lipinski definition) is 3. The minimum Gasteiger partial charge on any atom is -0.504 e. The topological polar surface area (TPSA) is 49.8 Å². The van der Waals surface area contributed by atoms with Gasteiger partial charge in [-0.25, -0.2) is 0 Å². The quantitative estimate of drug-likeness (QED) is 0.785. The van der Waals surface area contributed by atoms with E-state index in [4.69, 9.17) is 4.74 Å². The van der Waals surface area contributed by atoms with Crippen LogP contribution < -0.4 is 4.74 Å². The minimum absolute atomic E-state index is 0.0399. The first-order valence-corrected chi connectivity index (χ1v) is 6.17. The Kier molecular flexibility index (Phi) is 2.59. The van der Waals surface area contributed by atoms with E-state index in [1.165, 1.54) is 7.11 Å². The number of carbonyl (C=O) groups excluding carboxylic acids is 1. The summed E-state index contributed by atoms with van der Waals surface area (Å²) in [4.78, 5) is 14.4. The molecule has 0 aliphatic carbocycles. The zero-order valence-electron chi connectivity index (χ0n) is 10.7. The van der Waals surface area contributed by atoms with Gasteiger partial charge in [-0.2, -0.15) is 0 Å². The van der Waals surface area contributed by atoms with Crippen LogP contribution >= 0.6 is 0 Å². The molecule has 19 heavy (non-hydrogen) atoms. The number of nitrogens with zero attached hydrogens (tertiary/aromatic N) is 1. The lowest BCUT2D eigenvalue weighted by Gasteiger charge is -2.20. The Labute approximate surface area is 111 Å². The highest BCUT2D eigenvalue weighted by Gasteiger charge is 2.33. The average Bonchev–Trinajstić information content (AvgIpc) is 2.71. The summed E-state index contributed by atoms with van der Waals surface area (Å²) >= 11 is 0. The van der Waals surface area contributed by atoms with Crippen molar-refractivity contribution < 1.29 is 14.6 Å². The Morgan fingerprint density at radius 3 is 3.00 bits per heavy atom. The van der Waals surface area contributed by atoms with Crippen LogP contribution in [-0.4, -0.2) is 35.6 Å². The van der Waals surface area contributed by atoms with Crippen LogP contribution in [0.15, 0.2) is 30.4 Å². The fourth-order valence-electron chi connectivity index (χ4n) is 2.66. The Morgan fingerprint density at radius 1 is 1.47 bits per heavy atom. The first kappa shape index (κ1) is 11.8. The molecule has 0 bridgehead atoms. The molecule has 1 unspecified atom stereocenters. The van der Waals surface area contributed by atoms with Crippen molar-refractivity contribution in [2.45, 2.75) is 12.5 Å². The molecule has 98 valence electrons. The highest BCUT2D eigenvalue weighted by molar-refractivity contribution is 6.00. The first-order valence-electron chi connectivity index (χ1n) is 6.17. The van der Waals surface area contributed by atoms with Gasteiger partial charge in [0.15, 0.2) is 11.5 Å². The van der Waals surface area contributed by atoms with E-state index in [-0.39, 0.29) is 17.7 Å². The molecule has 4 nitrogen and oxygen atoms in total. The summed E-state index contributed by atoms with van der Waals surface area (Å²) in [5.41, 5.74) is 2.35. The monoisotopic (exact) mass is 257 g/mol. The zero-order chi connectivity index (χ0) is 13.6. The number of phenols is 1. The van der Waals surface area contributed by atoms with E-state index < -0.39 is 0 Å². The Balaban J connectivity index is 2.11. The molecule has 1 aromatic rings. The van der Waals surface area contributed by atoms with Gasteiger partial charge >= 0.3 is 0 Å². The number of benzene rings is 1. The van der Waals surface area contributed by atoms with Gasteiger partial charge in [-0.3, -0.25) is 4.79 Å². The van der Waals surface area contributed by atoms with Crippen LogP contribution in [0.4, 0.5) is 0 Å². The highest BCUT2D eigenvalue weighted by atomic mass is 16.5. The van der Waals surface area contributed by atoms with Crippen LogP contribution in [0.1, 0.15) is 22.3 Å². The number of amides is 1. The fraction of sp³-hybridized carbons (Fsp3) is 0.267. The van der Waals surface area contributed by atoms with Crippen LogP contribution in [0.2, 0.25) is 0 Å². The largest absolute Gasteiger partial charge is 0.504 e. The molecule has 1 atom stereocenters. The van der Waals surface area contributed by atoms with Crippen molar-refractivity contribution in [1.29, 1.82) is 0 Å². The van der Waals surface area contributed by atoms with Crippen LogP contribution in [0.25, 0.3) is 6.08 Å². The Morgan fingerprint density at radius 2 is 2.26 bits per heavy atom.